The Morgan fingerprint density at radius 3 is 2.17 bits per heavy atom. The summed E-state index contributed by atoms with van der Waals surface area (Å²) in [5.41, 5.74) is -4.85. The molecular formula is C24H36FN4O12P. The van der Waals surface area contributed by atoms with Gasteiger partial charge in [-0.05, 0) is 48.5 Å². The fourth-order valence-corrected chi connectivity index (χ4v) is 4.54. The number of hydrogen-bond acceptors (Lipinski definition) is 14. The van der Waals surface area contributed by atoms with Crippen molar-refractivity contribution in [2.24, 2.45) is 10.8 Å². The number of fused-ring (bicyclic) bond motifs is 1. The lowest BCUT2D eigenvalue weighted by Crippen LogP contribution is -2.49. The molecule has 1 aliphatic heterocycles. The molecule has 1 aliphatic rings. The summed E-state index contributed by atoms with van der Waals surface area (Å²) < 4.78 is 60.9. The monoisotopic (exact) mass is 622 g/mol. The van der Waals surface area contributed by atoms with Crippen LogP contribution in [0.2, 0.25) is 0 Å². The summed E-state index contributed by atoms with van der Waals surface area (Å²) in [6.07, 6.45) is -4.83. The van der Waals surface area contributed by atoms with E-state index in [0.29, 0.717) is 0 Å². The van der Waals surface area contributed by atoms with Gasteiger partial charge >= 0.3 is 19.8 Å². The first-order valence-electron chi connectivity index (χ1n) is 12.8. The number of carbonyl (C=O) groups is 2. The molecule has 0 spiro atoms. The number of imidazole rings is 1. The molecule has 1 saturated heterocycles. The number of hydrogen-bond donors (Lipinski definition) is 3. The molecule has 0 unspecified atom stereocenters. The van der Waals surface area contributed by atoms with E-state index in [1.807, 2.05) is 0 Å². The number of phosphoric acid groups is 1. The molecule has 0 bridgehead atoms. The van der Waals surface area contributed by atoms with Crippen LogP contribution in [0.1, 0.15) is 53.6 Å². The van der Waals surface area contributed by atoms with Gasteiger partial charge in [0.2, 0.25) is 13.6 Å². The fraction of sp³-hybridized carbons (Fsp3) is 0.708. The second kappa shape index (κ2) is 12.4. The van der Waals surface area contributed by atoms with Crippen molar-refractivity contribution in [3.63, 3.8) is 0 Å². The van der Waals surface area contributed by atoms with Crippen LogP contribution >= 0.6 is 7.82 Å². The molecule has 3 N–H and O–H groups in total. The summed E-state index contributed by atoms with van der Waals surface area (Å²) in [6, 6.07) is 0. The van der Waals surface area contributed by atoms with Crippen LogP contribution in [0.4, 0.5) is 4.39 Å². The standard InChI is InChI=1S/C24H36FN4O12P/c1-13-27-17-15(18(32)28-13)26-10-29(17)19-14(25)16(31)24(8-30,41-19)9-38-42(35,39-11-36-20(33)22(2,3)4)40-12-37-21(34)23(5,6)7/h10,14,16,19,30-31H,8-9,11-12H2,1-7H3,(H,27,28,32)/t14-,16+,19-,24-/m1/s1. The number of ether oxygens (including phenoxy) is 3. The number of H-pyrrole nitrogens is 1. The van der Waals surface area contributed by atoms with Gasteiger partial charge in [-0.25, -0.2) is 28.0 Å². The Morgan fingerprint density at radius 1 is 1.12 bits per heavy atom. The lowest BCUT2D eigenvalue weighted by molar-refractivity contribution is -0.167. The van der Waals surface area contributed by atoms with Crippen LogP contribution in [0.25, 0.3) is 11.2 Å². The molecule has 0 amide bonds. The minimum atomic E-state index is -4.78. The van der Waals surface area contributed by atoms with E-state index in [1.165, 1.54) is 6.92 Å². The van der Waals surface area contributed by atoms with Gasteiger partial charge in [0.15, 0.2) is 23.6 Å². The van der Waals surface area contributed by atoms with E-state index in [1.54, 1.807) is 41.5 Å². The average molecular weight is 623 g/mol. The van der Waals surface area contributed by atoms with Gasteiger partial charge in [-0.15, -0.1) is 0 Å². The number of nitrogens with one attached hydrogen (secondary N) is 1. The number of aromatic nitrogens is 4. The number of aliphatic hydroxyl groups excluding tert-OH is 2. The van der Waals surface area contributed by atoms with Crippen molar-refractivity contribution in [3.8, 4) is 0 Å². The number of phosphoric ester groups is 1. The average Bonchev–Trinajstić information content (AvgIpc) is 3.41. The summed E-state index contributed by atoms with van der Waals surface area (Å²) in [6.45, 7) is 7.07. The van der Waals surface area contributed by atoms with Crippen molar-refractivity contribution in [2.75, 3.05) is 26.8 Å². The van der Waals surface area contributed by atoms with Crippen LogP contribution in [0.15, 0.2) is 11.1 Å². The highest BCUT2D eigenvalue weighted by Crippen LogP contribution is 2.52. The van der Waals surface area contributed by atoms with Crippen molar-refractivity contribution in [1.29, 1.82) is 0 Å². The fourth-order valence-electron chi connectivity index (χ4n) is 3.57. The third-order valence-electron chi connectivity index (χ3n) is 6.05. The van der Waals surface area contributed by atoms with E-state index >= 15 is 4.39 Å². The highest BCUT2D eigenvalue weighted by Gasteiger charge is 2.57. The summed E-state index contributed by atoms with van der Waals surface area (Å²) >= 11 is 0. The Kier molecular flexibility index (Phi) is 9.99. The van der Waals surface area contributed by atoms with Crippen molar-refractivity contribution >= 4 is 30.9 Å². The molecule has 0 aliphatic carbocycles. The summed E-state index contributed by atoms with van der Waals surface area (Å²) in [7, 11) is -4.78. The van der Waals surface area contributed by atoms with Gasteiger partial charge in [0.25, 0.3) is 5.56 Å². The SMILES string of the molecule is Cc1nc2c(ncn2[C@@H]2O[C@](CO)(COP(=O)(OCOC(=O)C(C)(C)C)OCOC(=O)C(C)(C)C)[C@@H](O)[C@H]2F)c(=O)[nH]1. The zero-order chi connectivity index (χ0) is 31.7. The Labute approximate surface area is 240 Å². The van der Waals surface area contributed by atoms with Gasteiger partial charge < -0.3 is 29.4 Å². The molecule has 3 rings (SSSR count). The van der Waals surface area contributed by atoms with E-state index in [9.17, 15) is 29.2 Å². The number of alkyl halides is 1. The topological polar surface area (TPSA) is 211 Å². The second-order valence-electron chi connectivity index (χ2n) is 11.7. The summed E-state index contributed by atoms with van der Waals surface area (Å²) in [5, 5.41) is 20.9. The highest BCUT2D eigenvalue weighted by atomic mass is 31.2. The van der Waals surface area contributed by atoms with Crippen LogP contribution in [-0.2, 0) is 41.9 Å². The summed E-state index contributed by atoms with van der Waals surface area (Å²) in [4.78, 5) is 46.9. The molecule has 0 saturated carbocycles. The molecule has 16 nitrogen and oxygen atoms in total. The highest BCUT2D eigenvalue weighted by molar-refractivity contribution is 7.48. The lowest BCUT2D eigenvalue weighted by atomic mass is 9.98. The van der Waals surface area contributed by atoms with Crippen LogP contribution in [0.5, 0.6) is 0 Å². The lowest BCUT2D eigenvalue weighted by Gasteiger charge is -2.30. The van der Waals surface area contributed by atoms with Gasteiger partial charge in [0.1, 0.15) is 17.5 Å². The van der Waals surface area contributed by atoms with E-state index < -0.39 is 87.1 Å². The van der Waals surface area contributed by atoms with Gasteiger partial charge in [-0.3, -0.25) is 23.5 Å². The second-order valence-corrected chi connectivity index (χ2v) is 13.3. The minimum Gasteiger partial charge on any atom is -0.437 e. The van der Waals surface area contributed by atoms with Crippen molar-refractivity contribution < 1.29 is 56.5 Å². The third-order valence-corrected chi connectivity index (χ3v) is 7.34. The number of aliphatic hydroxyl groups is 2. The van der Waals surface area contributed by atoms with Crippen LogP contribution < -0.4 is 5.56 Å². The van der Waals surface area contributed by atoms with Crippen LogP contribution in [0.3, 0.4) is 0 Å². The number of carbonyl (C=O) groups excluding carboxylic acids is 2. The molecular weight excluding hydrogens is 586 g/mol. The normalized spacial score (nSPS) is 23.3. The Hall–Kier alpha value is -2.79. The van der Waals surface area contributed by atoms with Crippen LogP contribution in [-0.4, -0.2) is 86.3 Å². The number of halogens is 1. The van der Waals surface area contributed by atoms with Gasteiger partial charge in [-0.1, -0.05) is 0 Å². The molecule has 4 atom stereocenters. The van der Waals surface area contributed by atoms with Crippen molar-refractivity contribution in [1.82, 2.24) is 19.5 Å². The third kappa shape index (κ3) is 7.40. The molecule has 0 radical (unpaired) electrons. The first-order valence-corrected chi connectivity index (χ1v) is 14.2. The molecule has 2 aromatic rings. The van der Waals surface area contributed by atoms with Crippen molar-refractivity contribution in [2.45, 2.75) is 72.6 Å². The maximum atomic E-state index is 15.4. The molecule has 2 aromatic heterocycles. The predicted octanol–water partition coefficient (Wildman–Crippen LogP) is 1.64. The zero-order valence-corrected chi connectivity index (χ0v) is 25.2. The minimum absolute atomic E-state index is 0.0515. The number of aromatic amines is 1. The Balaban J connectivity index is 1.81. The smallest absolute Gasteiger partial charge is 0.437 e. The van der Waals surface area contributed by atoms with Gasteiger partial charge in [-0.2, -0.15) is 0 Å². The van der Waals surface area contributed by atoms with Crippen molar-refractivity contribution in [3.05, 3.63) is 22.5 Å². The Bertz CT molecular complexity index is 1360. The maximum Gasteiger partial charge on any atom is 0.480 e. The summed E-state index contributed by atoms with van der Waals surface area (Å²) in [5.74, 6) is -1.23. The quantitative estimate of drug-likeness (QED) is 0.185. The first kappa shape index (κ1) is 33.7. The maximum absolute atomic E-state index is 15.4. The molecule has 42 heavy (non-hydrogen) atoms. The zero-order valence-electron chi connectivity index (χ0n) is 24.3. The molecule has 3 heterocycles. The van der Waals surface area contributed by atoms with Gasteiger partial charge in [0.05, 0.1) is 30.4 Å². The van der Waals surface area contributed by atoms with E-state index in [0.717, 1.165) is 10.9 Å². The number of aryl methyl sites for hydroxylation is 1. The molecule has 1 fully saturated rings. The largest absolute Gasteiger partial charge is 0.480 e. The number of esters is 2. The first-order chi connectivity index (χ1) is 19.3. The number of nitrogens with zero attached hydrogens (tertiary/aromatic N) is 3. The van der Waals surface area contributed by atoms with E-state index in [2.05, 4.69) is 15.0 Å². The van der Waals surface area contributed by atoms with Crippen LogP contribution in [0, 0.1) is 17.8 Å². The number of rotatable bonds is 11. The molecule has 18 heteroatoms. The molecule has 0 aromatic carbocycles. The van der Waals surface area contributed by atoms with E-state index in [4.69, 9.17) is 27.8 Å². The predicted molar refractivity (Wildman–Crippen MR) is 140 cm³/mol. The van der Waals surface area contributed by atoms with Gasteiger partial charge in [0, 0.05) is 0 Å². The van der Waals surface area contributed by atoms with E-state index in [-0.39, 0.29) is 17.0 Å². The molecule has 236 valence electrons. The Morgan fingerprint density at radius 2 is 1.67 bits per heavy atom.